The van der Waals surface area contributed by atoms with Crippen LogP contribution in [0.5, 0.6) is 5.75 Å². The molecule has 1 aromatic heterocycles. The highest BCUT2D eigenvalue weighted by Gasteiger charge is 2.37. The lowest BCUT2D eigenvalue weighted by Gasteiger charge is -2.14. The van der Waals surface area contributed by atoms with E-state index in [1.54, 1.807) is 0 Å². The van der Waals surface area contributed by atoms with Crippen LogP contribution >= 0.6 is 0 Å². The Labute approximate surface area is 125 Å². The van der Waals surface area contributed by atoms with Crippen molar-refractivity contribution >= 4 is 11.7 Å². The average molecular weight is 344 g/mol. The number of carbonyl (C=O) groups excluding carboxylic acids is 1. The molecule has 128 valence electrons. The van der Waals surface area contributed by atoms with Gasteiger partial charge in [-0.15, -0.1) is 13.2 Å². The van der Waals surface area contributed by atoms with E-state index in [0.29, 0.717) is 0 Å². The number of hydrogen-bond donors (Lipinski definition) is 0. The topological polar surface area (TPSA) is 91.6 Å². The van der Waals surface area contributed by atoms with Gasteiger partial charge in [0.25, 0.3) is 6.43 Å². The number of rotatable bonds is 6. The highest BCUT2D eigenvalue weighted by molar-refractivity contribution is 5.76. The summed E-state index contributed by atoms with van der Waals surface area (Å²) in [6, 6.07) is 0. The van der Waals surface area contributed by atoms with Gasteiger partial charge in [0, 0.05) is 0 Å². The predicted octanol–water partition coefficient (Wildman–Crippen LogP) is 2.93. The van der Waals surface area contributed by atoms with Crippen molar-refractivity contribution in [3.8, 4) is 5.75 Å². The van der Waals surface area contributed by atoms with E-state index in [9.17, 15) is 36.9 Å². The lowest BCUT2D eigenvalue weighted by molar-refractivity contribution is -0.387. The summed E-state index contributed by atoms with van der Waals surface area (Å²) in [7, 11) is 0. The van der Waals surface area contributed by atoms with Crippen molar-refractivity contribution in [2.45, 2.75) is 26.1 Å². The lowest BCUT2D eigenvalue weighted by atomic mass is 10.1. The van der Waals surface area contributed by atoms with Crippen molar-refractivity contribution in [2.24, 2.45) is 0 Å². The molecule has 0 N–H and O–H groups in total. The Hall–Kier alpha value is -2.53. The van der Waals surface area contributed by atoms with Crippen molar-refractivity contribution in [3.05, 3.63) is 27.6 Å². The number of carbonyl (C=O) groups is 1. The maximum atomic E-state index is 12.8. The molecule has 0 unspecified atom stereocenters. The van der Waals surface area contributed by atoms with Crippen LogP contribution in [0.2, 0.25) is 0 Å². The van der Waals surface area contributed by atoms with Crippen LogP contribution in [0.25, 0.3) is 0 Å². The van der Waals surface area contributed by atoms with Crippen molar-refractivity contribution in [3.63, 3.8) is 0 Å². The van der Waals surface area contributed by atoms with Crippen LogP contribution in [0, 0.1) is 10.1 Å². The number of nitrogens with zero attached hydrogens (tertiary/aromatic N) is 2. The molecule has 1 rings (SSSR count). The minimum atomic E-state index is -5.26. The highest BCUT2D eigenvalue weighted by Crippen LogP contribution is 2.37. The number of ether oxygens (including phenoxy) is 2. The average Bonchev–Trinajstić information content (AvgIpc) is 2.38. The minimum Gasteiger partial charge on any atom is -0.466 e. The smallest absolute Gasteiger partial charge is 0.466 e. The van der Waals surface area contributed by atoms with Crippen molar-refractivity contribution < 1.29 is 41.1 Å². The van der Waals surface area contributed by atoms with Crippen LogP contribution in [0.3, 0.4) is 0 Å². The van der Waals surface area contributed by atoms with Crippen LogP contribution in [0.1, 0.15) is 24.6 Å². The monoisotopic (exact) mass is 344 g/mol. The van der Waals surface area contributed by atoms with E-state index >= 15 is 0 Å². The van der Waals surface area contributed by atoms with E-state index in [1.165, 1.54) is 6.92 Å². The first-order valence-electron chi connectivity index (χ1n) is 5.92. The minimum absolute atomic E-state index is 0.158. The maximum Gasteiger partial charge on any atom is 0.573 e. The van der Waals surface area contributed by atoms with Crippen LogP contribution < -0.4 is 4.74 Å². The molecule has 0 aliphatic rings. The van der Waals surface area contributed by atoms with Gasteiger partial charge in [0.2, 0.25) is 0 Å². The molecule has 0 saturated carbocycles. The molecule has 12 heteroatoms. The number of halogens is 5. The summed E-state index contributed by atoms with van der Waals surface area (Å²) in [5.41, 5.74) is -3.78. The zero-order valence-electron chi connectivity index (χ0n) is 11.4. The molecule has 0 aliphatic carbocycles. The molecule has 0 saturated heterocycles. The summed E-state index contributed by atoms with van der Waals surface area (Å²) in [6.45, 7) is 1.23. The van der Waals surface area contributed by atoms with Gasteiger partial charge in [0.1, 0.15) is 0 Å². The third-order valence-corrected chi connectivity index (χ3v) is 2.39. The standard InChI is InChI=1S/C11H9F5N2O5/c1-2-22-7(19)3-5-6(23-11(14,15)16)4-17-8(10(12)13)9(5)18(20)21/h4,10H,2-3H2,1H3. The number of esters is 1. The van der Waals surface area contributed by atoms with Crippen LogP contribution in [-0.2, 0) is 16.0 Å². The summed E-state index contributed by atoms with van der Waals surface area (Å²) in [4.78, 5) is 23.9. The summed E-state index contributed by atoms with van der Waals surface area (Å²) in [5, 5.41) is 10.9. The quantitative estimate of drug-likeness (QED) is 0.341. The molecule has 7 nitrogen and oxygen atoms in total. The molecule has 23 heavy (non-hydrogen) atoms. The fourth-order valence-corrected chi connectivity index (χ4v) is 1.64. The van der Waals surface area contributed by atoms with Crippen molar-refractivity contribution in [1.82, 2.24) is 4.98 Å². The Morgan fingerprint density at radius 1 is 1.43 bits per heavy atom. The third kappa shape index (κ3) is 5.00. The van der Waals surface area contributed by atoms with Crippen LogP contribution in [0.15, 0.2) is 6.20 Å². The molecule has 0 radical (unpaired) electrons. The molecule has 1 heterocycles. The molecule has 0 spiro atoms. The van der Waals surface area contributed by atoms with Crippen molar-refractivity contribution in [1.29, 1.82) is 0 Å². The molecule has 0 aromatic carbocycles. The van der Waals surface area contributed by atoms with Gasteiger partial charge in [0.15, 0.2) is 11.4 Å². The van der Waals surface area contributed by atoms with E-state index in [1.807, 2.05) is 0 Å². The largest absolute Gasteiger partial charge is 0.573 e. The Morgan fingerprint density at radius 2 is 2.04 bits per heavy atom. The molecule has 1 aromatic rings. The Bertz CT molecular complexity index is 605. The third-order valence-electron chi connectivity index (χ3n) is 2.39. The van der Waals surface area contributed by atoms with Crippen molar-refractivity contribution in [2.75, 3.05) is 6.61 Å². The van der Waals surface area contributed by atoms with E-state index < -0.39 is 52.8 Å². The van der Waals surface area contributed by atoms with Gasteiger partial charge in [-0.25, -0.2) is 13.8 Å². The Morgan fingerprint density at radius 3 is 2.48 bits per heavy atom. The predicted molar refractivity (Wildman–Crippen MR) is 62.9 cm³/mol. The maximum absolute atomic E-state index is 12.8. The van der Waals surface area contributed by atoms with Crippen LogP contribution in [-0.4, -0.2) is 28.8 Å². The van der Waals surface area contributed by atoms with E-state index in [4.69, 9.17) is 0 Å². The van der Waals surface area contributed by atoms with Gasteiger partial charge in [-0.1, -0.05) is 0 Å². The summed E-state index contributed by atoms with van der Waals surface area (Å²) < 4.78 is 70.5. The fourth-order valence-electron chi connectivity index (χ4n) is 1.64. The molecular formula is C11H9F5N2O5. The zero-order chi connectivity index (χ0) is 17.8. The van der Waals surface area contributed by atoms with Gasteiger partial charge in [-0.2, -0.15) is 0 Å². The normalized spacial score (nSPS) is 11.4. The highest BCUT2D eigenvalue weighted by atomic mass is 19.4. The first-order chi connectivity index (χ1) is 10.6. The number of nitro groups is 1. The first kappa shape index (κ1) is 18.5. The van der Waals surface area contributed by atoms with Gasteiger partial charge in [-0.05, 0) is 6.92 Å². The molecule has 0 fully saturated rings. The number of pyridine rings is 1. The van der Waals surface area contributed by atoms with Gasteiger partial charge < -0.3 is 9.47 Å². The fraction of sp³-hybridized carbons (Fsp3) is 0.455. The molecule has 0 amide bonds. The lowest BCUT2D eigenvalue weighted by Crippen LogP contribution is -2.20. The second kappa shape index (κ2) is 7.15. The Kier molecular flexibility index (Phi) is 5.76. The van der Waals surface area contributed by atoms with Gasteiger partial charge in [-0.3, -0.25) is 14.9 Å². The Balaban J connectivity index is 3.49. The van der Waals surface area contributed by atoms with E-state index in [2.05, 4.69) is 14.5 Å². The van der Waals surface area contributed by atoms with E-state index in [0.717, 1.165) is 0 Å². The molecule has 0 aliphatic heterocycles. The number of aromatic nitrogens is 1. The first-order valence-corrected chi connectivity index (χ1v) is 5.92. The van der Waals surface area contributed by atoms with E-state index in [-0.39, 0.29) is 12.8 Å². The molecule has 0 atom stereocenters. The SMILES string of the molecule is CCOC(=O)Cc1c(OC(F)(F)F)cnc(C(F)F)c1[N+](=O)[O-]. The second-order valence-corrected chi connectivity index (χ2v) is 3.92. The summed E-state index contributed by atoms with van der Waals surface area (Å²) in [6.07, 6.45) is -9.50. The summed E-state index contributed by atoms with van der Waals surface area (Å²) >= 11 is 0. The van der Waals surface area contributed by atoms with Gasteiger partial charge >= 0.3 is 18.0 Å². The zero-order valence-corrected chi connectivity index (χ0v) is 11.4. The number of hydrogen-bond acceptors (Lipinski definition) is 6. The molecule has 0 bridgehead atoms. The number of alkyl halides is 5. The summed E-state index contributed by atoms with van der Waals surface area (Å²) in [5.74, 6) is -2.37. The van der Waals surface area contributed by atoms with Crippen LogP contribution in [0.4, 0.5) is 27.6 Å². The molecular weight excluding hydrogens is 335 g/mol. The van der Waals surface area contributed by atoms with Gasteiger partial charge in [0.05, 0.1) is 29.7 Å². The second-order valence-electron chi connectivity index (χ2n) is 3.92.